The number of rotatable bonds is 5. The number of amides is 1. The van der Waals surface area contributed by atoms with Gasteiger partial charge in [0.15, 0.2) is 17.6 Å². The van der Waals surface area contributed by atoms with Gasteiger partial charge in [0.1, 0.15) is 5.75 Å². The number of nitrogens with zero attached hydrogens (tertiary/aromatic N) is 3. The number of fused-ring (bicyclic) bond motifs is 1. The Labute approximate surface area is 134 Å². The average Bonchev–Trinajstić information content (AvgIpc) is 2.99. The minimum atomic E-state index is -0.598. The van der Waals surface area contributed by atoms with Crippen molar-refractivity contribution in [3.05, 3.63) is 60.6 Å². The Balaban J connectivity index is 1.67. The van der Waals surface area contributed by atoms with Crippen molar-refractivity contribution in [1.82, 2.24) is 19.9 Å². The maximum Gasteiger partial charge on any atom is 0.261 e. The first-order chi connectivity index (χ1) is 11.1. The minimum absolute atomic E-state index is 0.200. The van der Waals surface area contributed by atoms with E-state index >= 15 is 0 Å². The molecule has 0 radical (unpaired) electrons. The summed E-state index contributed by atoms with van der Waals surface area (Å²) in [5.74, 6) is 1.14. The molecule has 2 aromatic heterocycles. The Morgan fingerprint density at radius 3 is 2.61 bits per heavy atom. The number of hydrogen-bond donors (Lipinski definition) is 1. The lowest BCUT2D eigenvalue weighted by Crippen LogP contribution is -2.38. The van der Waals surface area contributed by atoms with Crippen LogP contribution in [0.25, 0.3) is 5.65 Å². The van der Waals surface area contributed by atoms with Crippen molar-refractivity contribution in [2.45, 2.75) is 26.0 Å². The van der Waals surface area contributed by atoms with Gasteiger partial charge in [0.05, 0.1) is 6.04 Å². The number of nitrogens with one attached hydrogen (secondary N) is 1. The van der Waals surface area contributed by atoms with E-state index in [0.29, 0.717) is 11.6 Å². The summed E-state index contributed by atoms with van der Waals surface area (Å²) in [6.45, 7) is 3.59. The quantitative estimate of drug-likeness (QED) is 0.785. The Morgan fingerprint density at radius 2 is 1.83 bits per heavy atom. The molecule has 0 aliphatic carbocycles. The summed E-state index contributed by atoms with van der Waals surface area (Å²) in [5.41, 5.74) is 0.747. The molecule has 3 rings (SSSR count). The van der Waals surface area contributed by atoms with Gasteiger partial charge in [0, 0.05) is 6.20 Å². The molecule has 0 fully saturated rings. The zero-order chi connectivity index (χ0) is 16.2. The van der Waals surface area contributed by atoms with E-state index in [0.717, 1.165) is 5.65 Å². The summed E-state index contributed by atoms with van der Waals surface area (Å²) in [6, 6.07) is 14.7. The summed E-state index contributed by atoms with van der Waals surface area (Å²) in [5, 5.41) is 11.1. The molecule has 2 atom stereocenters. The topological polar surface area (TPSA) is 68.5 Å². The third-order valence-corrected chi connectivity index (χ3v) is 3.51. The van der Waals surface area contributed by atoms with Gasteiger partial charge in [-0.15, -0.1) is 10.2 Å². The molecule has 1 aromatic carbocycles. The summed E-state index contributed by atoms with van der Waals surface area (Å²) in [4.78, 5) is 12.3. The highest BCUT2D eigenvalue weighted by Gasteiger charge is 2.20. The number of carbonyl (C=O) groups excluding carboxylic acids is 1. The fourth-order valence-electron chi connectivity index (χ4n) is 2.31. The van der Waals surface area contributed by atoms with Crippen LogP contribution in [0.5, 0.6) is 5.75 Å². The molecule has 23 heavy (non-hydrogen) atoms. The lowest BCUT2D eigenvalue weighted by molar-refractivity contribution is -0.128. The van der Waals surface area contributed by atoms with Gasteiger partial charge >= 0.3 is 0 Å². The first-order valence-electron chi connectivity index (χ1n) is 7.47. The Morgan fingerprint density at radius 1 is 1.09 bits per heavy atom. The van der Waals surface area contributed by atoms with Crippen LogP contribution in [0.3, 0.4) is 0 Å². The highest BCUT2D eigenvalue weighted by atomic mass is 16.5. The maximum absolute atomic E-state index is 12.3. The summed E-state index contributed by atoms with van der Waals surface area (Å²) >= 11 is 0. The van der Waals surface area contributed by atoms with E-state index in [2.05, 4.69) is 15.5 Å². The molecule has 118 valence electrons. The van der Waals surface area contributed by atoms with Gasteiger partial charge in [-0.05, 0) is 38.1 Å². The van der Waals surface area contributed by atoms with E-state index in [1.165, 1.54) is 0 Å². The van der Waals surface area contributed by atoms with E-state index in [1.54, 1.807) is 6.92 Å². The van der Waals surface area contributed by atoms with Crippen LogP contribution in [0.1, 0.15) is 25.7 Å². The number of ether oxygens (including phenoxy) is 1. The lowest BCUT2D eigenvalue weighted by atomic mass is 10.2. The smallest absolute Gasteiger partial charge is 0.261 e. The monoisotopic (exact) mass is 310 g/mol. The number of para-hydroxylation sites is 1. The van der Waals surface area contributed by atoms with Crippen molar-refractivity contribution in [3.8, 4) is 5.75 Å². The Bertz CT molecular complexity index is 800. The molecule has 0 saturated carbocycles. The van der Waals surface area contributed by atoms with Crippen molar-refractivity contribution in [3.63, 3.8) is 0 Å². The first-order valence-corrected chi connectivity index (χ1v) is 7.47. The van der Waals surface area contributed by atoms with Crippen LogP contribution in [0.15, 0.2) is 54.7 Å². The van der Waals surface area contributed by atoms with Crippen LogP contribution in [0, 0.1) is 0 Å². The molecule has 2 heterocycles. The molecule has 0 aliphatic heterocycles. The van der Waals surface area contributed by atoms with Gasteiger partial charge in [-0.3, -0.25) is 9.20 Å². The second-order valence-corrected chi connectivity index (χ2v) is 5.29. The SMILES string of the molecule is CC(Oc1ccccc1)C(=O)NC(C)c1nnc2ccccn12. The Hall–Kier alpha value is -2.89. The van der Waals surface area contributed by atoms with Crippen molar-refractivity contribution in [1.29, 1.82) is 0 Å². The zero-order valence-electron chi connectivity index (χ0n) is 13.0. The maximum atomic E-state index is 12.3. The van der Waals surface area contributed by atoms with E-state index in [-0.39, 0.29) is 11.9 Å². The third kappa shape index (κ3) is 3.31. The molecule has 6 nitrogen and oxygen atoms in total. The number of benzene rings is 1. The van der Waals surface area contributed by atoms with Crippen molar-refractivity contribution in [2.24, 2.45) is 0 Å². The number of pyridine rings is 1. The van der Waals surface area contributed by atoms with Crippen LogP contribution in [-0.2, 0) is 4.79 Å². The molecule has 0 aliphatic rings. The average molecular weight is 310 g/mol. The highest BCUT2D eigenvalue weighted by molar-refractivity contribution is 5.81. The van der Waals surface area contributed by atoms with Crippen LogP contribution < -0.4 is 10.1 Å². The zero-order valence-corrected chi connectivity index (χ0v) is 13.0. The molecule has 1 amide bonds. The largest absolute Gasteiger partial charge is 0.481 e. The molecule has 0 bridgehead atoms. The Kier molecular flexibility index (Phi) is 4.23. The van der Waals surface area contributed by atoms with E-state index in [4.69, 9.17) is 4.74 Å². The predicted molar refractivity (Wildman–Crippen MR) is 86.1 cm³/mol. The molecular formula is C17H18N4O2. The van der Waals surface area contributed by atoms with Crippen LogP contribution >= 0.6 is 0 Å². The molecule has 1 N–H and O–H groups in total. The fourth-order valence-corrected chi connectivity index (χ4v) is 2.31. The van der Waals surface area contributed by atoms with E-state index in [1.807, 2.05) is 66.1 Å². The third-order valence-electron chi connectivity index (χ3n) is 3.51. The summed E-state index contributed by atoms with van der Waals surface area (Å²) in [7, 11) is 0. The lowest BCUT2D eigenvalue weighted by Gasteiger charge is -2.17. The molecule has 0 spiro atoms. The van der Waals surface area contributed by atoms with Gasteiger partial charge in [0.25, 0.3) is 5.91 Å². The molecule has 6 heteroatoms. The molecule has 0 saturated heterocycles. The highest BCUT2D eigenvalue weighted by Crippen LogP contribution is 2.14. The van der Waals surface area contributed by atoms with Gasteiger partial charge in [-0.1, -0.05) is 24.3 Å². The van der Waals surface area contributed by atoms with Gasteiger partial charge in [0.2, 0.25) is 0 Å². The minimum Gasteiger partial charge on any atom is -0.481 e. The number of carbonyl (C=O) groups is 1. The van der Waals surface area contributed by atoms with E-state index in [9.17, 15) is 4.79 Å². The first kappa shape index (κ1) is 15.0. The predicted octanol–water partition coefficient (Wildman–Crippen LogP) is 2.37. The molecule has 3 aromatic rings. The second kappa shape index (κ2) is 6.48. The van der Waals surface area contributed by atoms with Crippen molar-refractivity contribution < 1.29 is 9.53 Å². The van der Waals surface area contributed by atoms with E-state index < -0.39 is 6.10 Å². The van der Waals surface area contributed by atoms with Crippen LogP contribution in [-0.4, -0.2) is 26.6 Å². The number of aromatic nitrogens is 3. The summed E-state index contributed by atoms with van der Waals surface area (Å²) < 4.78 is 7.48. The van der Waals surface area contributed by atoms with Gasteiger partial charge in [-0.2, -0.15) is 0 Å². The fraction of sp³-hybridized carbons (Fsp3) is 0.235. The second-order valence-electron chi connectivity index (χ2n) is 5.29. The van der Waals surface area contributed by atoms with Crippen LogP contribution in [0.4, 0.5) is 0 Å². The van der Waals surface area contributed by atoms with Crippen molar-refractivity contribution >= 4 is 11.6 Å². The molecule has 2 unspecified atom stereocenters. The normalized spacial score (nSPS) is 13.5. The van der Waals surface area contributed by atoms with Crippen molar-refractivity contribution in [2.75, 3.05) is 0 Å². The van der Waals surface area contributed by atoms with Crippen LogP contribution in [0.2, 0.25) is 0 Å². The standard InChI is InChI=1S/C17H18N4O2/c1-12(16-20-19-15-10-6-7-11-21(15)16)18-17(22)13(2)23-14-8-4-3-5-9-14/h3-13H,1-2H3,(H,18,22). The summed E-state index contributed by atoms with van der Waals surface area (Å²) in [6.07, 6.45) is 1.27. The number of hydrogen-bond acceptors (Lipinski definition) is 4. The van der Waals surface area contributed by atoms with Gasteiger partial charge < -0.3 is 10.1 Å². The molecular weight excluding hydrogens is 292 g/mol. The van der Waals surface area contributed by atoms with Gasteiger partial charge in [-0.25, -0.2) is 0 Å².